The van der Waals surface area contributed by atoms with E-state index in [1.54, 1.807) is 7.11 Å². The highest BCUT2D eigenvalue weighted by Crippen LogP contribution is 2.38. The fourth-order valence-corrected chi connectivity index (χ4v) is 4.92. The summed E-state index contributed by atoms with van der Waals surface area (Å²) in [4.78, 5) is 8.65. The maximum atomic E-state index is 6.28. The molecule has 2 heterocycles. The van der Waals surface area contributed by atoms with E-state index in [0.717, 1.165) is 68.1 Å². The van der Waals surface area contributed by atoms with Crippen LogP contribution in [-0.4, -0.2) is 36.8 Å². The summed E-state index contributed by atoms with van der Waals surface area (Å²) in [6, 6.07) is 16.8. The van der Waals surface area contributed by atoms with Crippen molar-refractivity contribution >= 4 is 5.70 Å². The zero-order valence-electron chi connectivity index (χ0n) is 18.3. The van der Waals surface area contributed by atoms with Gasteiger partial charge in [0.2, 0.25) is 0 Å². The van der Waals surface area contributed by atoms with Crippen molar-refractivity contribution in [3.8, 4) is 11.5 Å². The lowest BCUT2D eigenvalue weighted by Crippen LogP contribution is -2.44. The summed E-state index contributed by atoms with van der Waals surface area (Å²) in [5.41, 5.74) is 6.45. The van der Waals surface area contributed by atoms with Crippen LogP contribution in [0, 0.1) is 0 Å². The van der Waals surface area contributed by atoms with Crippen LogP contribution in [0.15, 0.2) is 54.6 Å². The van der Waals surface area contributed by atoms with Gasteiger partial charge in [0.1, 0.15) is 5.60 Å². The molecule has 164 valence electrons. The quantitative estimate of drug-likeness (QED) is 0.718. The Kier molecular flexibility index (Phi) is 5.88. The monoisotopic (exact) mass is 420 g/mol. The lowest BCUT2D eigenvalue weighted by atomic mass is 9.90. The molecule has 0 amide bonds. The van der Waals surface area contributed by atoms with Crippen molar-refractivity contribution in [2.75, 3.05) is 20.2 Å². The maximum absolute atomic E-state index is 6.28. The lowest BCUT2D eigenvalue weighted by Gasteiger charge is -2.36. The van der Waals surface area contributed by atoms with Gasteiger partial charge >= 0.3 is 0 Å². The molecular formula is C26H32N2O3. The van der Waals surface area contributed by atoms with E-state index in [9.17, 15) is 0 Å². The van der Waals surface area contributed by atoms with Crippen molar-refractivity contribution in [1.82, 2.24) is 10.4 Å². The zero-order chi connectivity index (χ0) is 21.1. The summed E-state index contributed by atoms with van der Waals surface area (Å²) >= 11 is 0. The van der Waals surface area contributed by atoms with Crippen LogP contribution in [0.2, 0.25) is 0 Å². The predicted molar refractivity (Wildman–Crippen MR) is 122 cm³/mol. The molecule has 0 bridgehead atoms. The minimum absolute atomic E-state index is 0.227. The number of likely N-dealkylation sites (tertiary alicyclic amines) is 1. The number of piperidine rings is 1. The first-order valence-corrected chi connectivity index (χ1v) is 11.5. The smallest absolute Gasteiger partial charge is 0.162 e. The number of hydrogen-bond donors (Lipinski definition) is 1. The van der Waals surface area contributed by atoms with Gasteiger partial charge in [-0.15, -0.1) is 0 Å². The molecule has 1 aliphatic carbocycles. The Morgan fingerprint density at radius 3 is 2.55 bits per heavy atom. The van der Waals surface area contributed by atoms with Crippen LogP contribution in [0.1, 0.15) is 49.7 Å². The Labute approximate surface area is 184 Å². The van der Waals surface area contributed by atoms with Crippen LogP contribution in [0.25, 0.3) is 5.70 Å². The van der Waals surface area contributed by atoms with Gasteiger partial charge in [-0.2, -0.15) is 0 Å². The highest BCUT2D eigenvalue weighted by molar-refractivity contribution is 5.68. The number of rotatable bonds is 6. The third-order valence-corrected chi connectivity index (χ3v) is 6.79. The molecule has 31 heavy (non-hydrogen) atoms. The summed E-state index contributed by atoms with van der Waals surface area (Å²) in [7, 11) is 1.70. The van der Waals surface area contributed by atoms with E-state index in [4.69, 9.17) is 14.3 Å². The van der Waals surface area contributed by atoms with Crippen molar-refractivity contribution < 1.29 is 14.3 Å². The van der Waals surface area contributed by atoms with Crippen LogP contribution < -0.4 is 15.0 Å². The van der Waals surface area contributed by atoms with Gasteiger partial charge in [-0.3, -0.25) is 15.2 Å². The molecule has 0 atom stereocenters. The Balaban J connectivity index is 1.26. The first-order valence-electron chi connectivity index (χ1n) is 11.5. The maximum Gasteiger partial charge on any atom is 0.162 e. The molecule has 2 aromatic carbocycles. The SMILES string of the molecule is COc1ccc(C2=CC3(CCN(Cc4ccccc4)CC3)ON2)cc1OC1CCCC1. The lowest BCUT2D eigenvalue weighted by molar-refractivity contribution is -0.0703. The van der Waals surface area contributed by atoms with E-state index in [-0.39, 0.29) is 5.60 Å². The van der Waals surface area contributed by atoms with E-state index in [1.807, 2.05) is 6.07 Å². The standard InChI is InChI=1S/C26H32N2O3/c1-29-24-12-11-21(17-25(24)30-22-9-5-6-10-22)23-18-26(31-27-23)13-15-28(16-14-26)19-20-7-3-2-4-8-20/h2-4,7-8,11-12,17-18,22,27H,5-6,9-10,13-16,19H2,1H3. The topological polar surface area (TPSA) is 43.0 Å². The average molecular weight is 421 g/mol. The van der Waals surface area contributed by atoms with Gasteiger partial charge in [0.05, 0.1) is 18.9 Å². The van der Waals surface area contributed by atoms with Crippen LogP contribution in [0.4, 0.5) is 0 Å². The minimum Gasteiger partial charge on any atom is -0.493 e. The number of benzene rings is 2. The second-order valence-electron chi connectivity index (χ2n) is 8.98. The summed E-state index contributed by atoms with van der Waals surface area (Å²) < 4.78 is 11.8. The van der Waals surface area contributed by atoms with Crippen LogP contribution >= 0.6 is 0 Å². The molecule has 5 heteroatoms. The number of nitrogens with zero attached hydrogens (tertiary/aromatic N) is 1. The molecule has 1 spiro atoms. The van der Waals surface area contributed by atoms with Gasteiger partial charge in [0.15, 0.2) is 11.5 Å². The predicted octanol–water partition coefficient (Wildman–Crippen LogP) is 4.93. The van der Waals surface area contributed by atoms with Gasteiger partial charge in [0, 0.05) is 25.2 Å². The molecule has 2 aliphatic heterocycles. The third-order valence-electron chi connectivity index (χ3n) is 6.79. The molecule has 3 aliphatic rings. The van der Waals surface area contributed by atoms with E-state index in [2.05, 4.69) is 58.9 Å². The second-order valence-corrected chi connectivity index (χ2v) is 8.98. The molecule has 0 aromatic heterocycles. The molecule has 1 saturated heterocycles. The van der Waals surface area contributed by atoms with E-state index in [1.165, 1.54) is 18.4 Å². The molecule has 5 nitrogen and oxygen atoms in total. The molecular weight excluding hydrogens is 388 g/mol. The van der Waals surface area contributed by atoms with Crippen molar-refractivity contribution in [1.29, 1.82) is 0 Å². The van der Waals surface area contributed by atoms with Crippen molar-refractivity contribution in [2.45, 2.75) is 56.8 Å². The zero-order valence-corrected chi connectivity index (χ0v) is 18.3. The molecule has 1 N–H and O–H groups in total. The first-order chi connectivity index (χ1) is 15.2. The highest BCUT2D eigenvalue weighted by atomic mass is 16.7. The summed E-state index contributed by atoms with van der Waals surface area (Å²) in [6.45, 7) is 3.05. The molecule has 2 aromatic rings. The van der Waals surface area contributed by atoms with E-state index >= 15 is 0 Å². The Hall–Kier alpha value is -2.50. The highest BCUT2D eigenvalue weighted by Gasteiger charge is 2.39. The average Bonchev–Trinajstić information content (AvgIpc) is 3.47. The van der Waals surface area contributed by atoms with Gasteiger partial charge < -0.3 is 9.47 Å². The van der Waals surface area contributed by atoms with Crippen LogP contribution in [0.3, 0.4) is 0 Å². The molecule has 1 saturated carbocycles. The second kappa shape index (κ2) is 8.93. The number of nitrogens with one attached hydrogen (secondary N) is 1. The van der Waals surface area contributed by atoms with Crippen molar-refractivity contribution in [3.63, 3.8) is 0 Å². The van der Waals surface area contributed by atoms with E-state index < -0.39 is 0 Å². The Morgan fingerprint density at radius 1 is 1.03 bits per heavy atom. The molecule has 2 fully saturated rings. The third kappa shape index (κ3) is 4.58. The van der Waals surface area contributed by atoms with E-state index in [0.29, 0.717) is 6.10 Å². The van der Waals surface area contributed by atoms with Crippen molar-refractivity contribution in [3.05, 3.63) is 65.7 Å². The molecule has 0 radical (unpaired) electrons. The number of hydroxylamine groups is 1. The number of methoxy groups -OCH3 is 1. The van der Waals surface area contributed by atoms with Crippen LogP contribution in [-0.2, 0) is 11.4 Å². The fraction of sp³-hybridized carbons (Fsp3) is 0.462. The number of ether oxygens (including phenoxy) is 2. The van der Waals surface area contributed by atoms with Gasteiger partial charge in [0.25, 0.3) is 0 Å². The van der Waals surface area contributed by atoms with Gasteiger partial charge in [-0.05, 0) is 68.4 Å². The normalized spacial score (nSPS) is 21.1. The number of hydrogen-bond acceptors (Lipinski definition) is 5. The summed E-state index contributed by atoms with van der Waals surface area (Å²) in [5.74, 6) is 1.62. The van der Waals surface area contributed by atoms with Gasteiger partial charge in [-0.1, -0.05) is 30.3 Å². The molecule has 0 unspecified atom stereocenters. The summed E-state index contributed by atoms with van der Waals surface area (Å²) in [5, 5.41) is 0. The fourth-order valence-electron chi connectivity index (χ4n) is 4.92. The first kappa shape index (κ1) is 20.4. The van der Waals surface area contributed by atoms with Crippen molar-refractivity contribution in [2.24, 2.45) is 0 Å². The minimum atomic E-state index is -0.227. The Bertz CT molecular complexity index is 914. The van der Waals surface area contributed by atoms with Gasteiger partial charge in [-0.25, -0.2) is 0 Å². The Morgan fingerprint density at radius 2 is 1.81 bits per heavy atom. The largest absolute Gasteiger partial charge is 0.493 e. The summed E-state index contributed by atoms with van der Waals surface area (Å²) in [6.07, 6.45) is 9.28. The molecule has 5 rings (SSSR count). The van der Waals surface area contributed by atoms with Crippen LogP contribution in [0.5, 0.6) is 11.5 Å².